The number of carbonyl (C=O) groups excluding carboxylic acids is 5. The molecule has 2 aromatic rings. The molecule has 0 radical (unpaired) electrons. The second-order valence-electron chi connectivity index (χ2n) is 12.0. The smallest absolute Gasteiger partial charge is 0.424 e. The second-order valence-corrected chi connectivity index (χ2v) is 13.0. The van der Waals surface area contributed by atoms with Gasteiger partial charge in [-0.3, -0.25) is 30.0 Å². The Morgan fingerprint density at radius 2 is 1.83 bits per heavy atom. The fourth-order valence-electron chi connectivity index (χ4n) is 6.22. The van der Waals surface area contributed by atoms with Crippen LogP contribution in [-0.2, 0) is 19.1 Å². The molecule has 46 heavy (non-hydrogen) atoms. The van der Waals surface area contributed by atoms with Gasteiger partial charge in [0.2, 0.25) is 11.7 Å². The summed E-state index contributed by atoms with van der Waals surface area (Å²) in [5.74, 6) is -2.58. The Labute approximate surface area is 274 Å². The third kappa shape index (κ3) is 8.34. The van der Waals surface area contributed by atoms with Crippen LogP contribution in [0.5, 0.6) is 0 Å². The molecule has 0 bridgehead atoms. The molecular formula is C32H48N7O6S+. The number of ketones is 1. The lowest BCUT2D eigenvalue weighted by Gasteiger charge is -2.35. The summed E-state index contributed by atoms with van der Waals surface area (Å²) in [5.41, 5.74) is 12.6. The van der Waals surface area contributed by atoms with E-state index in [1.807, 2.05) is 32.0 Å². The number of imide groups is 1. The van der Waals surface area contributed by atoms with Crippen LogP contribution in [0.3, 0.4) is 0 Å². The molecule has 2 heterocycles. The number of esters is 1. The average molecular weight is 659 g/mol. The van der Waals surface area contributed by atoms with E-state index in [2.05, 4.69) is 15.0 Å². The molecule has 14 heteroatoms. The Balaban J connectivity index is 1.90. The maximum atomic E-state index is 14.1. The molecule has 0 spiro atoms. The predicted octanol–water partition coefficient (Wildman–Crippen LogP) is 3.69. The number of ether oxygens (including phenoxy) is 1. The monoisotopic (exact) mass is 658 g/mol. The summed E-state index contributed by atoms with van der Waals surface area (Å²) < 4.78 is 4.85. The number of nitrogens with zero attached hydrogens (tertiary/aromatic N) is 3. The summed E-state index contributed by atoms with van der Waals surface area (Å²) in [6.45, 7) is 6.03. The van der Waals surface area contributed by atoms with Crippen LogP contribution < -0.4 is 16.8 Å². The number of urea groups is 1. The Kier molecular flexibility index (Phi) is 13.3. The van der Waals surface area contributed by atoms with Crippen molar-refractivity contribution in [3.8, 4) is 0 Å². The molecule has 1 aliphatic rings. The Morgan fingerprint density at radius 1 is 1.15 bits per heavy atom. The first-order valence-electron chi connectivity index (χ1n) is 16.0. The first-order chi connectivity index (χ1) is 21.9. The van der Waals surface area contributed by atoms with Crippen molar-refractivity contribution >= 4 is 57.1 Å². The number of para-hydroxylation sites is 1. The van der Waals surface area contributed by atoms with E-state index in [0.29, 0.717) is 31.2 Å². The number of amides is 4. The number of methoxy groups -OCH3 is 1. The number of benzene rings is 1. The van der Waals surface area contributed by atoms with Crippen LogP contribution in [0.4, 0.5) is 4.79 Å². The molecule has 1 aromatic carbocycles. The van der Waals surface area contributed by atoms with E-state index in [9.17, 15) is 24.0 Å². The maximum Gasteiger partial charge on any atom is 0.424 e. The molecule has 252 valence electrons. The molecule has 13 nitrogen and oxygen atoms in total. The molecule has 1 fully saturated rings. The van der Waals surface area contributed by atoms with E-state index in [1.165, 1.54) is 23.3 Å². The van der Waals surface area contributed by atoms with E-state index in [1.54, 1.807) is 13.0 Å². The quantitative estimate of drug-likeness (QED) is 0.0724. The van der Waals surface area contributed by atoms with Crippen LogP contribution in [0, 0.1) is 11.3 Å². The highest BCUT2D eigenvalue weighted by molar-refractivity contribution is 7.20. The number of nitrogens with two attached hydrogens (primary N) is 2. The van der Waals surface area contributed by atoms with Gasteiger partial charge in [0.05, 0.1) is 30.3 Å². The van der Waals surface area contributed by atoms with Crippen molar-refractivity contribution < 1.29 is 33.2 Å². The topological polar surface area (TPSA) is 199 Å². The largest absolute Gasteiger partial charge is 0.469 e. The number of hydrogen-bond acceptors (Lipinski definition) is 10. The van der Waals surface area contributed by atoms with Crippen LogP contribution in [0.1, 0.15) is 88.4 Å². The predicted molar refractivity (Wildman–Crippen MR) is 176 cm³/mol. The van der Waals surface area contributed by atoms with Gasteiger partial charge in [0.25, 0.3) is 0 Å². The minimum atomic E-state index is -1.27. The highest BCUT2D eigenvalue weighted by Gasteiger charge is 2.55. The first-order valence-corrected chi connectivity index (χ1v) is 16.8. The highest BCUT2D eigenvalue weighted by Crippen LogP contribution is 2.30. The summed E-state index contributed by atoms with van der Waals surface area (Å²) in [5, 5.41) is 11.1. The number of nitrogens with one attached hydrogen (secondary N) is 2. The molecular weight excluding hydrogens is 610 g/mol. The van der Waals surface area contributed by atoms with Gasteiger partial charge in [-0.25, -0.2) is 14.6 Å². The molecule has 0 saturated carbocycles. The summed E-state index contributed by atoms with van der Waals surface area (Å²) in [6.07, 6.45) is 4.09. The third-order valence-electron chi connectivity index (χ3n) is 8.75. The number of carbonyl (C=O) groups is 5. The maximum absolute atomic E-state index is 14.1. The number of thiazole rings is 1. The number of hydrogen-bond donors (Lipinski definition) is 4. The average Bonchev–Trinajstić information content (AvgIpc) is 3.65. The minimum Gasteiger partial charge on any atom is -0.469 e. The number of Topliss-reactive ketones (excluding diaryl/α,β-unsaturated/α-hetero) is 1. The lowest BCUT2D eigenvalue weighted by Crippen LogP contribution is -2.68. The first kappa shape index (κ1) is 36.7. The normalized spacial score (nSPS) is 19.0. The Bertz CT molecular complexity index is 1390. The molecule has 3 rings (SSSR count). The second kappa shape index (κ2) is 16.7. The number of aromatic nitrogens is 1. The summed E-state index contributed by atoms with van der Waals surface area (Å²) in [6, 6.07) is 3.83. The number of guanidine groups is 1. The van der Waals surface area contributed by atoms with Gasteiger partial charge in [0, 0.05) is 25.3 Å². The minimum absolute atomic E-state index is 0.0803. The van der Waals surface area contributed by atoms with E-state index >= 15 is 0 Å². The molecule has 0 aliphatic carbocycles. The van der Waals surface area contributed by atoms with Gasteiger partial charge in [-0.05, 0) is 44.7 Å². The zero-order valence-corrected chi connectivity index (χ0v) is 28.1. The molecule has 4 atom stereocenters. The van der Waals surface area contributed by atoms with Gasteiger partial charge < -0.3 is 16.2 Å². The molecule has 4 amide bonds. The van der Waals surface area contributed by atoms with Crippen LogP contribution in [0.15, 0.2) is 24.3 Å². The lowest BCUT2D eigenvalue weighted by molar-refractivity contribution is -0.785. The Hall–Kier alpha value is -3.75. The molecule has 2 unspecified atom stereocenters. The van der Waals surface area contributed by atoms with Crippen molar-refractivity contribution in [2.24, 2.45) is 17.4 Å². The standard InChI is InChI=1S/C32H47N7O6S/c1-5-11-21(12-6-2)29(42)38(31(34)35)17-9-15-24(27(41)28-36-23-14-7-8-16-25(23)46-28)37-32(44)39(18-10-13-20(39)3)30(43)22(33)19-26(40)45-4/h7-8,14,16,20-22,24H,5-6,9-13,15,17-19,33H2,1-4H3,(H3-,34,35,37,44)/p+1/t20-,22+,24?,39?/m1/s1. The van der Waals surface area contributed by atoms with Crippen LogP contribution in [0.2, 0.25) is 0 Å². The number of rotatable bonds is 15. The SMILES string of the molecule is CCCC(CCC)C(=O)N(CCCC(NC(=O)[N+]1(C(=O)[C@@H](N)CC(=O)OC)CCC[C@H]1C)C(=O)c1nc2ccccc2s1)C(=N)N. The number of likely N-dealkylation sites (tertiary alicyclic amines) is 1. The van der Waals surface area contributed by atoms with E-state index < -0.39 is 46.3 Å². The lowest BCUT2D eigenvalue weighted by atomic mass is 9.96. The molecule has 1 aromatic heterocycles. The zero-order valence-electron chi connectivity index (χ0n) is 27.3. The summed E-state index contributed by atoms with van der Waals surface area (Å²) >= 11 is 1.20. The van der Waals surface area contributed by atoms with Crippen molar-refractivity contribution in [1.82, 2.24) is 15.2 Å². The van der Waals surface area contributed by atoms with Crippen LogP contribution in [0.25, 0.3) is 10.2 Å². The number of quaternary nitrogens is 1. The van der Waals surface area contributed by atoms with Crippen molar-refractivity contribution in [2.75, 3.05) is 20.2 Å². The Morgan fingerprint density at radius 3 is 2.39 bits per heavy atom. The van der Waals surface area contributed by atoms with Crippen LogP contribution in [-0.4, -0.2) is 88.2 Å². The van der Waals surface area contributed by atoms with Gasteiger partial charge >= 0.3 is 17.9 Å². The van der Waals surface area contributed by atoms with Crippen molar-refractivity contribution in [3.05, 3.63) is 29.3 Å². The molecule has 1 saturated heterocycles. The summed E-state index contributed by atoms with van der Waals surface area (Å²) in [4.78, 5) is 72.8. The fraction of sp³-hybridized carbons (Fsp3) is 0.594. The highest BCUT2D eigenvalue weighted by atomic mass is 32.1. The van der Waals surface area contributed by atoms with Gasteiger partial charge in [0.1, 0.15) is 18.1 Å². The molecule has 1 aliphatic heterocycles. The van der Waals surface area contributed by atoms with Gasteiger partial charge in [-0.2, -0.15) is 4.48 Å². The van der Waals surface area contributed by atoms with E-state index in [-0.39, 0.29) is 55.1 Å². The van der Waals surface area contributed by atoms with Crippen molar-refractivity contribution in [3.63, 3.8) is 0 Å². The van der Waals surface area contributed by atoms with Crippen molar-refractivity contribution in [1.29, 1.82) is 5.41 Å². The fourth-order valence-corrected chi connectivity index (χ4v) is 7.18. The van der Waals surface area contributed by atoms with Gasteiger partial charge in [0.15, 0.2) is 11.0 Å². The van der Waals surface area contributed by atoms with Gasteiger partial charge in [-0.1, -0.05) is 38.8 Å². The molecule has 6 N–H and O–H groups in total. The van der Waals surface area contributed by atoms with Crippen LogP contribution >= 0.6 is 11.3 Å². The van der Waals surface area contributed by atoms with Gasteiger partial charge in [-0.15, -0.1) is 11.3 Å². The number of fused-ring (bicyclic) bond motifs is 1. The van der Waals surface area contributed by atoms with E-state index in [0.717, 1.165) is 17.5 Å². The van der Waals surface area contributed by atoms with E-state index in [4.69, 9.17) is 16.9 Å². The van der Waals surface area contributed by atoms with Crippen molar-refractivity contribution in [2.45, 2.75) is 96.7 Å². The third-order valence-corrected chi connectivity index (χ3v) is 9.80. The summed E-state index contributed by atoms with van der Waals surface area (Å²) in [7, 11) is 1.20. The zero-order chi connectivity index (χ0) is 34.0.